The molecule has 1 aromatic heterocycles. The third kappa shape index (κ3) is 5.44. The van der Waals surface area contributed by atoms with Crippen molar-refractivity contribution < 1.29 is 9.47 Å². The van der Waals surface area contributed by atoms with Gasteiger partial charge in [0.15, 0.2) is 0 Å². The average Bonchev–Trinajstić information content (AvgIpc) is 3.24. The van der Waals surface area contributed by atoms with Crippen LogP contribution in [0.5, 0.6) is 11.5 Å². The number of allylic oxidation sites excluding steroid dienone is 1. The molecule has 0 atom stereocenters. The molecule has 0 aliphatic rings. The van der Waals surface area contributed by atoms with Crippen LogP contribution >= 0.6 is 0 Å². The van der Waals surface area contributed by atoms with Gasteiger partial charge in [-0.3, -0.25) is 0 Å². The van der Waals surface area contributed by atoms with Crippen molar-refractivity contribution in [3.8, 4) is 17.2 Å². The molecule has 3 rings (SSSR count). The quantitative estimate of drug-likeness (QED) is 0.454. The molecule has 172 valence electrons. The zero-order valence-corrected chi connectivity index (χ0v) is 19.8. The maximum Gasteiger partial charge on any atom is 0.144 e. The van der Waals surface area contributed by atoms with Crippen molar-refractivity contribution in [1.29, 1.82) is 0 Å². The first-order valence-electron chi connectivity index (χ1n) is 10.6. The lowest BCUT2D eigenvalue weighted by Gasteiger charge is -2.26. The molecule has 0 spiro atoms. The van der Waals surface area contributed by atoms with E-state index in [1.807, 2.05) is 60.2 Å². The summed E-state index contributed by atoms with van der Waals surface area (Å²) in [6, 6.07) is 13.7. The Morgan fingerprint density at radius 3 is 2.61 bits per heavy atom. The molecule has 2 aromatic carbocycles. The molecule has 0 aliphatic heterocycles. The lowest BCUT2D eigenvalue weighted by molar-refractivity contribution is 0.413. The highest BCUT2D eigenvalue weighted by Crippen LogP contribution is 2.30. The SMILES string of the molecule is C=C(N=C(/C=C\N)C(C)(C)c1cccc(OC)c1)Nc1ccc(-n2cnc(C)c2)c(OC)c1. The van der Waals surface area contributed by atoms with Crippen molar-refractivity contribution in [2.75, 3.05) is 19.5 Å². The van der Waals surface area contributed by atoms with Gasteiger partial charge in [0.1, 0.15) is 17.3 Å². The van der Waals surface area contributed by atoms with Crippen LogP contribution in [-0.2, 0) is 5.41 Å². The van der Waals surface area contributed by atoms with Crippen LogP contribution < -0.4 is 20.5 Å². The molecule has 0 aliphatic carbocycles. The fraction of sp³-hybridized carbons (Fsp3) is 0.231. The summed E-state index contributed by atoms with van der Waals surface area (Å²) in [7, 11) is 3.29. The summed E-state index contributed by atoms with van der Waals surface area (Å²) < 4.78 is 12.9. The summed E-state index contributed by atoms with van der Waals surface area (Å²) in [5.41, 5.74) is 9.74. The Balaban J connectivity index is 1.87. The van der Waals surface area contributed by atoms with E-state index in [0.29, 0.717) is 11.6 Å². The number of aliphatic imine (C=N–C) groups is 1. The molecule has 0 saturated carbocycles. The van der Waals surface area contributed by atoms with Gasteiger partial charge in [0.25, 0.3) is 0 Å². The van der Waals surface area contributed by atoms with Gasteiger partial charge in [0.05, 0.1) is 37.6 Å². The van der Waals surface area contributed by atoms with E-state index in [-0.39, 0.29) is 0 Å². The number of hydrogen-bond donors (Lipinski definition) is 2. The molecule has 3 N–H and O–H groups in total. The Morgan fingerprint density at radius 1 is 1.18 bits per heavy atom. The minimum absolute atomic E-state index is 0.435. The third-order valence-electron chi connectivity index (χ3n) is 5.40. The first kappa shape index (κ1) is 23.7. The van der Waals surface area contributed by atoms with Crippen molar-refractivity contribution in [3.05, 3.63) is 90.9 Å². The van der Waals surface area contributed by atoms with E-state index in [1.54, 1.807) is 26.6 Å². The second kappa shape index (κ2) is 10.1. The Bertz CT molecular complexity index is 1190. The van der Waals surface area contributed by atoms with Gasteiger partial charge in [0, 0.05) is 23.4 Å². The molecule has 33 heavy (non-hydrogen) atoms. The molecule has 7 heteroatoms. The van der Waals surface area contributed by atoms with Crippen LogP contribution in [0, 0.1) is 6.92 Å². The molecule has 0 fully saturated rings. The second-order valence-electron chi connectivity index (χ2n) is 8.09. The number of benzene rings is 2. The number of rotatable bonds is 9. The standard InChI is InChI=1S/C26H31N5O2/c1-18-16-31(17-28-18)23-11-10-21(15-24(23)33-6)29-19(2)30-25(12-13-27)26(3,4)20-8-7-9-22(14-20)32-5/h7-17,29H,2,27H2,1,3-6H3/b13-12-,30-25?. The maximum atomic E-state index is 5.74. The van der Waals surface area contributed by atoms with Gasteiger partial charge < -0.3 is 25.1 Å². The number of aromatic nitrogens is 2. The first-order chi connectivity index (χ1) is 15.8. The maximum absolute atomic E-state index is 5.74. The zero-order chi connectivity index (χ0) is 24.0. The number of anilines is 1. The van der Waals surface area contributed by atoms with E-state index in [2.05, 4.69) is 30.7 Å². The summed E-state index contributed by atoms with van der Waals surface area (Å²) in [5.74, 6) is 1.97. The van der Waals surface area contributed by atoms with Gasteiger partial charge in [0.2, 0.25) is 0 Å². The van der Waals surface area contributed by atoms with Crippen LogP contribution in [0.15, 0.2) is 84.7 Å². The van der Waals surface area contributed by atoms with E-state index in [1.165, 1.54) is 6.20 Å². The number of aryl methyl sites for hydroxylation is 1. The highest BCUT2D eigenvalue weighted by molar-refractivity contribution is 6.03. The van der Waals surface area contributed by atoms with Crippen molar-refractivity contribution >= 4 is 11.4 Å². The summed E-state index contributed by atoms with van der Waals surface area (Å²) in [6.45, 7) is 10.2. The van der Waals surface area contributed by atoms with Crippen LogP contribution in [0.1, 0.15) is 25.1 Å². The Labute approximate surface area is 195 Å². The summed E-state index contributed by atoms with van der Waals surface area (Å²) in [6.07, 6.45) is 6.98. The molecular weight excluding hydrogens is 414 g/mol. The van der Waals surface area contributed by atoms with E-state index in [9.17, 15) is 0 Å². The van der Waals surface area contributed by atoms with E-state index < -0.39 is 5.41 Å². The van der Waals surface area contributed by atoms with Crippen LogP contribution in [0.2, 0.25) is 0 Å². The van der Waals surface area contributed by atoms with Gasteiger partial charge in [-0.1, -0.05) is 32.6 Å². The summed E-state index contributed by atoms with van der Waals surface area (Å²) in [5, 5.41) is 3.25. The molecule has 0 unspecified atom stereocenters. The minimum Gasteiger partial charge on any atom is -0.497 e. The van der Waals surface area contributed by atoms with Crippen LogP contribution in [-0.4, -0.2) is 29.5 Å². The van der Waals surface area contributed by atoms with E-state index in [4.69, 9.17) is 20.2 Å². The monoisotopic (exact) mass is 445 g/mol. The van der Waals surface area contributed by atoms with Gasteiger partial charge in [-0.25, -0.2) is 9.98 Å². The fourth-order valence-corrected chi connectivity index (χ4v) is 3.50. The number of ether oxygens (including phenoxy) is 2. The predicted octanol–water partition coefficient (Wildman–Crippen LogP) is 4.97. The molecule has 0 amide bonds. The number of imidazole rings is 1. The fourth-order valence-electron chi connectivity index (χ4n) is 3.50. The van der Waals surface area contributed by atoms with Crippen LogP contribution in [0.4, 0.5) is 5.69 Å². The number of nitrogens with two attached hydrogens (primary N) is 1. The smallest absolute Gasteiger partial charge is 0.144 e. The Kier molecular flexibility index (Phi) is 7.23. The average molecular weight is 446 g/mol. The van der Waals surface area contributed by atoms with Crippen molar-refractivity contribution in [3.63, 3.8) is 0 Å². The van der Waals surface area contributed by atoms with Crippen LogP contribution in [0.25, 0.3) is 5.69 Å². The normalized spacial score (nSPS) is 12.1. The first-order valence-corrected chi connectivity index (χ1v) is 10.6. The number of nitrogens with one attached hydrogen (secondary N) is 1. The topological polar surface area (TPSA) is 86.7 Å². The summed E-state index contributed by atoms with van der Waals surface area (Å²) >= 11 is 0. The molecule has 0 bridgehead atoms. The number of nitrogens with zero attached hydrogens (tertiary/aromatic N) is 3. The summed E-state index contributed by atoms with van der Waals surface area (Å²) in [4.78, 5) is 9.04. The lowest BCUT2D eigenvalue weighted by atomic mass is 9.79. The molecule has 7 nitrogen and oxygen atoms in total. The van der Waals surface area contributed by atoms with Crippen molar-refractivity contribution in [1.82, 2.24) is 9.55 Å². The zero-order valence-electron chi connectivity index (χ0n) is 19.8. The number of methoxy groups -OCH3 is 2. The molecule has 0 radical (unpaired) electrons. The largest absolute Gasteiger partial charge is 0.497 e. The van der Waals surface area contributed by atoms with Crippen LogP contribution in [0.3, 0.4) is 0 Å². The van der Waals surface area contributed by atoms with Gasteiger partial charge in [-0.2, -0.15) is 0 Å². The molecule has 1 heterocycles. The minimum atomic E-state index is -0.435. The molecule has 0 saturated heterocycles. The Hall–Kier alpha value is -4.00. The second-order valence-corrected chi connectivity index (χ2v) is 8.09. The van der Waals surface area contributed by atoms with Gasteiger partial charge in [-0.05, 0) is 49.0 Å². The highest BCUT2D eigenvalue weighted by Gasteiger charge is 2.26. The number of hydrogen-bond acceptors (Lipinski definition) is 6. The van der Waals surface area contributed by atoms with Crippen molar-refractivity contribution in [2.45, 2.75) is 26.2 Å². The van der Waals surface area contributed by atoms with Crippen molar-refractivity contribution in [2.24, 2.45) is 10.7 Å². The van der Waals surface area contributed by atoms with E-state index in [0.717, 1.165) is 34.1 Å². The molecule has 3 aromatic rings. The van der Waals surface area contributed by atoms with Gasteiger partial charge in [-0.15, -0.1) is 0 Å². The van der Waals surface area contributed by atoms with Gasteiger partial charge >= 0.3 is 0 Å². The third-order valence-corrected chi connectivity index (χ3v) is 5.40. The predicted molar refractivity (Wildman–Crippen MR) is 134 cm³/mol. The Morgan fingerprint density at radius 2 is 1.97 bits per heavy atom. The molecular formula is C26H31N5O2. The highest BCUT2D eigenvalue weighted by atomic mass is 16.5. The lowest BCUT2D eigenvalue weighted by Crippen LogP contribution is -2.28. The van der Waals surface area contributed by atoms with E-state index >= 15 is 0 Å².